The maximum atomic E-state index is 12.7. The lowest BCUT2D eigenvalue weighted by atomic mass is 10.1. The fourth-order valence-electron chi connectivity index (χ4n) is 3.80. The largest absolute Gasteiger partial charge is 0.368 e. The average Bonchev–Trinajstić information content (AvgIpc) is 3.52. The Labute approximate surface area is 184 Å². The topological polar surface area (TPSA) is 62.5 Å². The first-order valence-electron chi connectivity index (χ1n) is 10.4. The first-order chi connectivity index (χ1) is 14.7. The van der Waals surface area contributed by atoms with Crippen LogP contribution in [0.1, 0.15) is 30.2 Å². The third-order valence-electron chi connectivity index (χ3n) is 5.79. The van der Waals surface area contributed by atoms with Gasteiger partial charge in [-0.15, -0.1) is 0 Å². The molecule has 0 atom stereocenters. The summed E-state index contributed by atoms with van der Waals surface area (Å²) in [5.74, 6) is 2.07. The van der Waals surface area contributed by atoms with Gasteiger partial charge in [0.25, 0.3) is 0 Å². The van der Waals surface area contributed by atoms with Crippen molar-refractivity contribution in [3.05, 3.63) is 64.5 Å². The lowest BCUT2D eigenvalue weighted by molar-refractivity contribution is -0.130. The summed E-state index contributed by atoms with van der Waals surface area (Å²) in [5, 5.41) is 4.11. The summed E-state index contributed by atoms with van der Waals surface area (Å²) in [4.78, 5) is 21.5. The molecule has 0 unspecified atom stereocenters. The number of carbonyl (C=O) groups excluding carboxylic acids is 1. The maximum absolute atomic E-state index is 12.7. The summed E-state index contributed by atoms with van der Waals surface area (Å²) in [6, 6.07) is 16.2. The van der Waals surface area contributed by atoms with Gasteiger partial charge in [0, 0.05) is 47.8 Å². The van der Waals surface area contributed by atoms with Crippen LogP contribution >= 0.6 is 15.9 Å². The summed E-state index contributed by atoms with van der Waals surface area (Å²) in [6.07, 6.45) is 2.74. The highest BCUT2D eigenvalue weighted by atomic mass is 79.9. The van der Waals surface area contributed by atoms with Crippen LogP contribution < -0.4 is 4.90 Å². The quantitative estimate of drug-likeness (QED) is 0.561. The van der Waals surface area contributed by atoms with Gasteiger partial charge in [0.15, 0.2) is 0 Å². The molecule has 30 heavy (non-hydrogen) atoms. The second-order valence-corrected chi connectivity index (χ2v) is 8.77. The number of anilines is 1. The Balaban J connectivity index is 1.18. The molecule has 1 aliphatic carbocycles. The Morgan fingerprint density at radius 2 is 1.77 bits per heavy atom. The van der Waals surface area contributed by atoms with Crippen LogP contribution in [-0.2, 0) is 11.2 Å². The van der Waals surface area contributed by atoms with Crippen molar-refractivity contribution in [3.63, 3.8) is 0 Å². The predicted octanol–water partition coefficient (Wildman–Crippen LogP) is 4.27. The van der Waals surface area contributed by atoms with Gasteiger partial charge in [-0.25, -0.2) is 0 Å². The van der Waals surface area contributed by atoms with Crippen LogP contribution in [0.4, 0.5) is 5.69 Å². The van der Waals surface area contributed by atoms with E-state index in [1.165, 1.54) is 0 Å². The van der Waals surface area contributed by atoms with Gasteiger partial charge in [-0.2, -0.15) is 4.98 Å². The summed E-state index contributed by atoms with van der Waals surface area (Å²) in [6.45, 7) is 3.13. The second-order valence-electron chi connectivity index (χ2n) is 7.91. The van der Waals surface area contributed by atoms with Crippen molar-refractivity contribution in [2.75, 3.05) is 31.1 Å². The molecule has 1 amide bonds. The summed E-state index contributed by atoms with van der Waals surface area (Å²) < 4.78 is 6.35. The molecule has 154 valence electrons. The second kappa shape index (κ2) is 8.22. The van der Waals surface area contributed by atoms with E-state index in [0.717, 1.165) is 66.2 Å². The van der Waals surface area contributed by atoms with E-state index in [-0.39, 0.29) is 5.91 Å². The Hall–Kier alpha value is -2.67. The van der Waals surface area contributed by atoms with Crippen molar-refractivity contribution in [2.24, 2.45) is 0 Å². The van der Waals surface area contributed by atoms with E-state index < -0.39 is 0 Å². The molecule has 0 spiro atoms. The van der Waals surface area contributed by atoms with Gasteiger partial charge in [0.1, 0.15) is 0 Å². The van der Waals surface area contributed by atoms with E-state index in [1.54, 1.807) is 0 Å². The number of carbonyl (C=O) groups is 1. The molecule has 0 radical (unpaired) electrons. The van der Waals surface area contributed by atoms with Crippen molar-refractivity contribution in [1.29, 1.82) is 0 Å². The van der Waals surface area contributed by atoms with Crippen LogP contribution in [0.3, 0.4) is 0 Å². The van der Waals surface area contributed by atoms with Gasteiger partial charge < -0.3 is 14.3 Å². The zero-order valence-electron chi connectivity index (χ0n) is 16.6. The van der Waals surface area contributed by atoms with Gasteiger partial charge in [-0.05, 0) is 48.7 Å². The van der Waals surface area contributed by atoms with Crippen molar-refractivity contribution in [1.82, 2.24) is 15.0 Å². The smallest absolute Gasteiger partial charge is 0.230 e. The standard InChI is InChI=1S/C23H23BrN4O2/c24-20-4-2-1-3-18(20)15-21(29)28-13-11-27(12-14-28)19-9-7-16(8-10-19)22-25-23(30-26-22)17-5-6-17/h1-4,7-10,17H,5-6,11-15H2. The minimum atomic E-state index is 0.181. The summed E-state index contributed by atoms with van der Waals surface area (Å²) in [5.41, 5.74) is 3.16. The predicted molar refractivity (Wildman–Crippen MR) is 118 cm³/mol. The molecule has 2 heterocycles. The van der Waals surface area contributed by atoms with E-state index >= 15 is 0 Å². The van der Waals surface area contributed by atoms with Crippen molar-refractivity contribution >= 4 is 27.5 Å². The fraction of sp³-hybridized carbons (Fsp3) is 0.348. The Morgan fingerprint density at radius 3 is 2.47 bits per heavy atom. The monoisotopic (exact) mass is 466 g/mol. The van der Waals surface area contributed by atoms with Crippen LogP contribution in [0, 0.1) is 0 Å². The van der Waals surface area contributed by atoms with Gasteiger partial charge >= 0.3 is 0 Å². The lowest BCUT2D eigenvalue weighted by Gasteiger charge is -2.36. The first-order valence-corrected chi connectivity index (χ1v) is 11.2. The summed E-state index contributed by atoms with van der Waals surface area (Å²) in [7, 11) is 0. The SMILES string of the molecule is O=C(Cc1ccccc1Br)N1CCN(c2ccc(-c3noc(C4CC4)n3)cc2)CC1. The average molecular weight is 467 g/mol. The van der Waals surface area contributed by atoms with Crippen molar-refractivity contribution in [2.45, 2.75) is 25.2 Å². The number of aromatic nitrogens is 2. The number of amides is 1. The van der Waals surface area contributed by atoms with Crippen LogP contribution in [-0.4, -0.2) is 47.1 Å². The van der Waals surface area contributed by atoms with E-state index in [1.807, 2.05) is 41.3 Å². The van der Waals surface area contributed by atoms with E-state index in [2.05, 4.69) is 43.1 Å². The number of benzene rings is 2. The van der Waals surface area contributed by atoms with Crippen LogP contribution in [0.15, 0.2) is 57.5 Å². The number of rotatable bonds is 5. The van der Waals surface area contributed by atoms with E-state index in [4.69, 9.17) is 4.52 Å². The fourth-order valence-corrected chi connectivity index (χ4v) is 4.23. The van der Waals surface area contributed by atoms with Gasteiger partial charge in [0.2, 0.25) is 17.6 Å². The molecule has 0 N–H and O–H groups in total. The highest BCUT2D eigenvalue weighted by Crippen LogP contribution is 2.39. The number of piperazine rings is 1. The molecule has 1 saturated carbocycles. The Morgan fingerprint density at radius 1 is 1.03 bits per heavy atom. The van der Waals surface area contributed by atoms with Gasteiger partial charge in [-0.1, -0.05) is 39.3 Å². The number of hydrogen-bond donors (Lipinski definition) is 0. The lowest BCUT2D eigenvalue weighted by Crippen LogP contribution is -2.49. The van der Waals surface area contributed by atoms with E-state index in [0.29, 0.717) is 18.2 Å². The number of hydrogen-bond acceptors (Lipinski definition) is 5. The molecule has 2 fully saturated rings. The highest BCUT2D eigenvalue weighted by Gasteiger charge is 2.29. The van der Waals surface area contributed by atoms with Gasteiger partial charge in [-0.3, -0.25) is 4.79 Å². The molecule has 5 rings (SSSR count). The third kappa shape index (κ3) is 4.12. The Kier molecular flexibility index (Phi) is 5.29. The van der Waals surface area contributed by atoms with Gasteiger partial charge in [0.05, 0.1) is 6.42 Å². The van der Waals surface area contributed by atoms with Crippen molar-refractivity contribution < 1.29 is 9.32 Å². The molecule has 1 aromatic heterocycles. The highest BCUT2D eigenvalue weighted by molar-refractivity contribution is 9.10. The molecule has 1 aliphatic heterocycles. The summed E-state index contributed by atoms with van der Waals surface area (Å²) >= 11 is 3.53. The zero-order chi connectivity index (χ0) is 20.5. The number of halogens is 1. The Bertz CT molecular complexity index is 1040. The minimum absolute atomic E-state index is 0.181. The van der Waals surface area contributed by atoms with Crippen LogP contribution in [0.5, 0.6) is 0 Å². The molecular formula is C23H23BrN4O2. The molecule has 0 bridgehead atoms. The van der Waals surface area contributed by atoms with Crippen molar-refractivity contribution in [3.8, 4) is 11.4 Å². The maximum Gasteiger partial charge on any atom is 0.230 e. The molecule has 6 nitrogen and oxygen atoms in total. The molecule has 1 saturated heterocycles. The molecular weight excluding hydrogens is 444 g/mol. The molecule has 2 aromatic carbocycles. The van der Waals surface area contributed by atoms with Crippen LogP contribution in [0.2, 0.25) is 0 Å². The normalized spacial score (nSPS) is 16.7. The number of nitrogens with zero attached hydrogens (tertiary/aromatic N) is 4. The molecule has 7 heteroatoms. The third-order valence-corrected chi connectivity index (χ3v) is 6.56. The van der Waals surface area contributed by atoms with E-state index in [9.17, 15) is 4.79 Å². The molecule has 3 aromatic rings. The van der Waals surface area contributed by atoms with Crippen LogP contribution in [0.25, 0.3) is 11.4 Å². The molecule has 2 aliphatic rings. The zero-order valence-corrected chi connectivity index (χ0v) is 18.2. The first kappa shape index (κ1) is 19.3. The minimum Gasteiger partial charge on any atom is -0.368 e.